The number of esters is 1. The van der Waals surface area contributed by atoms with Gasteiger partial charge in [-0.1, -0.05) is 60.5 Å². The molecular weight excluding hydrogens is 1090 g/mol. The number of nitrogens with one attached hydrogen (secondary N) is 4. The smallest absolute Gasteiger partial charge is 0.409 e. The second-order valence-electron chi connectivity index (χ2n) is 21.1. The molecule has 3 aliphatic heterocycles. The largest absolute Gasteiger partial charge is 0.495 e. The number of rotatable bonds is 24. The topological polar surface area (TPSA) is 296 Å². The number of epoxide rings is 1. The number of aliphatic hydroxyl groups is 1. The summed E-state index contributed by atoms with van der Waals surface area (Å²) < 4.78 is 42.7. The van der Waals surface area contributed by atoms with Gasteiger partial charge in [-0.3, -0.25) is 34.7 Å². The van der Waals surface area contributed by atoms with E-state index in [2.05, 4.69) is 27.4 Å². The quantitative estimate of drug-likeness (QED) is 0.0325. The average molecular weight is 1170 g/mol. The Morgan fingerprint density at radius 3 is 2.45 bits per heavy atom. The highest BCUT2D eigenvalue weighted by molar-refractivity contribution is 6.35. The van der Waals surface area contributed by atoms with Crippen molar-refractivity contribution in [3.05, 3.63) is 82.5 Å². The van der Waals surface area contributed by atoms with Crippen LogP contribution in [0, 0.1) is 5.92 Å². The van der Waals surface area contributed by atoms with Gasteiger partial charge >= 0.3 is 12.1 Å². The standard InChI is InChI=1S/C57H80ClN9O15/c1-34-14-13-17-45(77-10)57(75)32-44(80-55(74)63-57)35(2)52-56(4,82-52)46(31-50(71)66(8)42-27-37(26-34)28-43(76-9)51(42)58)81-54(73)36(3)65(7)49(70)19-22-78-24-25-79-23-20-61-53(72)40(30-47(59)68)62-48(69)18-21-67-39(33-64(6)60-5)29-38-15-11-12-16-41(38)67/h11-17,27-29,35-36,40,44-46,52,60,75H,18-26,30-33H2,1-10H3,(H2,59,68)(H,61,72)(H,62,69)(H,63,74)/b17-13+,34-14+/t35-,36+,40+,44+,45-,46+,52?,56+,57+/m1/s1. The normalized spacial score (nSPS) is 24.7. The first kappa shape index (κ1) is 64.5. The number of hydrogen-bond donors (Lipinski definition) is 6. The van der Waals surface area contributed by atoms with Gasteiger partial charge in [0.1, 0.15) is 46.8 Å². The highest BCUT2D eigenvalue weighted by Crippen LogP contribution is 2.49. The molecule has 3 aromatic rings. The molecule has 4 bridgehead atoms. The van der Waals surface area contributed by atoms with E-state index in [1.807, 2.05) is 60.9 Å². The zero-order valence-electron chi connectivity index (χ0n) is 48.4. The number of aryl methyl sites for hydroxylation is 1. The summed E-state index contributed by atoms with van der Waals surface area (Å²) in [6, 6.07) is 11.1. The maximum Gasteiger partial charge on any atom is 0.409 e. The Hall–Kier alpha value is -6.64. The fraction of sp³-hybridized carbons (Fsp3) is 0.561. The molecule has 6 amide bonds. The van der Waals surface area contributed by atoms with Crippen LogP contribution in [0.1, 0.15) is 71.1 Å². The summed E-state index contributed by atoms with van der Waals surface area (Å²) in [6.45, 7) is 8.05. The van der Waals surface area contributed by atoms with Crippen molar-refractivity contribution in [2.45, 2.75) is 127 Å². The molecule has 7 N–H and O–H groups in total. The molecule has 0 spiro atoms. The van der Waals surface area contributed by atoms with Gasteiger partial charge in [-0.05, 0) is 69.5 Å². The fourth-order valence-electron chi connectivity index (χ4n) is 10.1. The summed E-state index contributed by atoms with van der Waals surface area (Å²) in [5.74, 6) is -3.82. The summed E-state index contributed by atoms with van der Waals surface area (Å²) in [5, 5.41) is 22.8. The van der Waals surface area contributed by atoms with Gasteiger partial charge in [0.25, 0.3) is 0 Å². The van der Waals surface area contributed by atoms with Crippen LogP contribution in [0.4, 0.5) is 10.5 Å². The summed E-state index contributed by atoms with van der Waals surface area (Å²) >= 11 is 6.82. The van der Waals surface area contributed by atoms with E-state index >= 15 is 0 Å². The number of fused-ring (bicyclic) bond motifs is 6. The Bertz CT molecular complexity index is 2850. The number of likely N-dealkylation sites (N-methyl/N-ethyl adjacent to an activating group) is 1. The summed E-state index contributed by atoms with van der Waals surface area (Å²) in [5.41, 5.74) is 9.27. The van der Waals surface area contributed by atoms with Crippen molar-refractivity contribution < 1.29 is 71.8 Å². The Labute approximate surface area is 483 Å². The van der Waals surface area contributed by atoms with Crippen molar-refractivity contribution in [1.29, 1.82) is 0 Å². The monoisotopic (exact) mass is 1170 g/mol. The SMILES string of the molecule is CNN(C)Cc1cc2ccccc2n1CCC(=O)N[C@@H](CC(N)=O)C(=O)NCCOCCOCCC(=O)N(C)[C@@H](C)C(=O)O[C@H]1CC(=O)N(C)c2cc(cc(OC)c2Cl)C/C(C)=C/C=C/[C@@H](OC)[C@@]2(O)C[C@H](OC(=O)N2)[C@@H](C)C2O[C@]21C. The third-order valence-corrected chi connectivity index (χ3v) is 15.6. The predicted octanol–water partition coefficient (Wildman–Crippen LogP) is 3.03. The molecule has 4 heterocycles. The minimum absolute atomic E-state index is 0.0223. The van der Waals surface area contributed by atoms with E-state index in [1.54, 1.807) is 45.2 Å². The van der Waals surface area contributed by atoms with E-state index < -0.39 is 102 Å². The van der Waals surface area contributed by atoms with Crippen LogP contribution in [-0.4, -0.2) is 184 Å². The lowest BCUT2D eigenvalue weighted by atomic mass is 9.83. The zero-order chi connectivity index (χ0) is 60.1. The van der Waals surface area contributed by atoms with Crippen LogP contribution < -0.4 is 36.7 Å². The van der Waals surface area contributed by atoms with Crippen LogP contribution in [0.25, 0.3) is 10.9 Å². The van der Waals surface area contributed by atoms with Crippen molar-refractivity contribution >= 4 is 69.8 Å². The number of carbonyl (C=O) groups is 7. The number of amides is 6. The number of nitrogens with zero attached hydrogens (tertiary/aromatic N) is 4. The van der Waals surface area contributed by atoms with E-state index in [4.69, 9.17) is 50.5 Å². The van der Waals surface area contributed by atoms with Gasteiger partial charge in [-0.25, -0.2) is 14.6 Å². The third kappa shape index (κ3) is 16.5. The van der Waals surface area contributed by atoms with Gasteiger partial charge in [0, 0.05) is 71.3 Å². The second kappa shape index (κ2) is 29.1. The number of nitrogens with two attached hydrogens (primary N) is 1. The first-order valence-electron chi connectivity index (χ1n) is 27.2. The first-order chi connectivity index (χ1) is 38.9. The van der Waals surface area contributed by atoms with E-state index in [9.17, 15) is 38.7 Å². The number of anilines is 1. The summed E-state index contributed by atoms with van der Waals surface area (Å²) in [4.78, 5) is 95.5. The van der Waals surface area contributed by atoms with Gasteiger partial charge in [0.05, 0.1) is 71.1 Å². The Morgan fingerprint density at radius 2 is 1.76 bits per heavy atom. The molecule has 0 radical (unpaired) electrons. The van der Waals surface area contributed by atoms with Gasteiger partial charge in [0.2, 0.25) is 29.5 Å². The molecule has 82 heavy (non-hydrogen) atoms. The Morgan fingerprint density at radius 1 is 1.04 bits per heavy atom. The second-order valence-corrected chi connectivity index (χ2v) is 21.5. The van der Waals surface area contributed by atoms with Crippen molar-refractivity contribution in [1.82, 2.24) is 35.9 Å². The molecule has 25 heteroatoms. The Balaban J connectivity index is 0.999. The van der Waals surface area contributed by atoms with Crippen LogP contribution in [0.15, 0.2) is 66.3 Å². The minimum atomic E-state index is -1.88. The molecule has 24 nitrogen and oxygen atoms in total. The summed E-state index contributed by atoms with van der Waals surface area (Å²) in [7, 11) is 9.59. The molecule has 450 valence electrons. The summed E-state index contributed by atoms with van der Waals surface area (Å²) in [6.07, 6.45) is -0.0971. The lowest BCUT2D eigenvalue weighted by Gasteiger charge is -2.42. The van der Waals surface area contributed by atoms with Crippen LogP contribution in [-0.2, 0) is 76.7 Å². The van der Waals surface area contributed by atoms with E-state index in [0.29, 0.717) is 30.9 Å². The fourth-order valence-corrected chi connectivity index (χ4v) is 10.4. The third-order valence-electron chi connectivity index (χ3n) is 15.2. The zero-order valence-corrected chi connectivity index (χ0v) is 49.2. The van der Waals surface area contributed by atoms with Crippen molar-refractivity contribution in [3.8, 4) is 5.75 Å². The van der Waals surface area contributed by atoms with Crippen molar-refractivity contribution in [2.24, 2.45) is 11.7 Å². The van der Waals surface area contributed by atoms with E-state index in [0.717, 1.165) is 27.7 Å². The number of benzene rings is 2. The van der Waals surface area contributed by atoms with E-state index in [1.165, 1.54) is 38.0 Å². The van der Waals surface area contributed by atoms with Gasteiger partial charge in [-0.15, -0.1) is 0 Å². The van der Waals surface area contributed by atoms with Crippen LogP contribution >= 0.6 is 11.6 Å². The lowest BCUT2D eigenvalue weighted by molar-refractivity contribution is -0.162. The van der Waals surface area contributed by atoms with Gasteiger partial charge in [0.15, 0.2) is 5.72 Å². The highest BCUT2D eigenvalue weighted by atomic mass is 35.5. The van der Waals surface area contributed by atoms with E-state index in [-0.39, 0.29) is 63.7 Å². The average Bonchev–Trinajstić information content (AvgIpc) is 4.23. The first-order valence-corrected chi connectivity index (χ1v) is 27.6. The van der Waals surface area contributed by atoms with Gasteiger partial charge in [-0.2, -0.15) is 0 Å². The number of allylic oxidation sites excluding steroid dienone is 3. The molecule has 2 aromatic carbocycles. The lowest BCUT2D eigenvalue weighted by Crippen LogP contribution is -2.63. The van der Waals surface area contributed by atoms with Gasteiger partial charge < -0.3 is 69.0 Å². The number of para-hydroxylation sites is 1. The maximum absolute atomic E-state index is 14.4. The molecule has 0 aliphatic carbocycles. The molecule has 0 saturated carbocycles. The number of ether oxygens (including phenoxy) is 7. The number of carbonyl (C=O) groups excluding carboxylic acids is 7. The number of hydrazine groups is 1. The maximum atomic E-state index is 14.4. The highest BCUT2D eigenvalue weighted by Gasteiger charge is 2.64. The number of alkyl carbamates (subject to hydrolysis) is 1. The number of aromatic nitrogens is 1. The molecule has 1 aromatic heterocycles. The molecule has 6 rings (SSSR count). The van der Waals surface area contributed by atoms with Crippen LogP contribution in [0.2, 0.25) is 5.02 Å². The number of halogens is 1. The molecule has 2 saturated heterocycles. The number of primary amides is 1. The molecule has 1 unspecified atom stereocenters. The number of methoxy groups -OCH3 is 2. The van der Waals surface area contributed by atoms with Crippen molar-refractivity contribution in [2.75, 3.05) is 80.3 Å². The number of hydrogen-bond acceptors (Lipinski definition) is 17. The van der Waals surface area contributed by atoms with Crippen molar-refractivity contribution in [3.63, 3.8) is 0 Å². The minimum Gasteiger partial charge on any atom is -0.495 e. The van der Waals surface area contributed by atoms with Crippen LogP contribution in [0.3, 0.4) is 0 Å². The predicted molar refractivity (Wildman–Crippen MR) is 303 cm³/mol. The van der Waals surface area contributed by atoms with Crippen LogP contribution in [0.5, 0.6) is 5.75 Å². The Kier molecular flexibility index (Phi) is 22.9. The molecule has 9 atom stereocenters. The molecular formula is C57H80ClN9O15. The molecule has 3 aliphatic rings. The molecule has 2 fully saturated rings.